The molecule has 0 saturated heterocycles. The largest absolute Gasteiger partial charge is 0.378 e. The monoisotopic (exact) mass is 568 g/mol. The zero-order valence-corrected chi connectivity index (χ0v) is 25.2. The molecule has 3 amide bonds. The normalized spacial score (nSPS) is 13.7. The summed E-state index contributed by atoms with van der Waals surface area (Å²) >= 11 is 0. The summed E-state index contributed by atoms with van der Waals surface area (Å²) in [5.41, 5.74) is 6.19. The number of aliphatic hydroxyl groups is 1. The highest BCUT2D eigenvalue weighted by Crippen LogP contribution is 2.25. The van der Waals surface area contributed by atoms with Crippen molar-refractivity contribution in [3.8, 4) is 11.1 Å². The SMILES string of the molecule is CCN(C(=N)CCCc1ccc(-c2ccc(C(O)C(=O)NC3CC3)cc2)cc1)C(=O)NCc1ccc(C(C)(C)C)cc1. The second kappa shape index (κ2) is 13.8. The van der Waals surface area contributed by atoms with Gasteiger partial charge in [0.2, 0.25) is 0 Å². The van der Waals surface area contributed by atoms with E-state index in [0.29, 0.717) is 30.9 Å². The molecule has 7 heteroatoms. The van der Waals surface area contributed by atoms with E-state index in [4.69, 9.17) is 5.41 Å². The third-order valence-corrected chi connectivity index (χ3v) is 7.72. The molecule has 1 unspecified atom stereocenters. The highest BCUT2D eigenvalue weighted by Gasteiger charge is 2.27. The van der Waals surface area contributed by atoms with Gasteiger partial charge in [-0.25, -0.2) is 4.79 Å². The summed E-state index contributed by atoms with van der Waals surface area (Å²) in [6, 6.07) is 24.0. The van der Waals surface area contributed by atoms with E-state index in [1.807, 2.05) is 31.2 Å². The lowest BCUT2D eigenvalue weighted by Gasteiger charge is -2.22. The summed E-state index contributed by atoms with van der Waals surface area (Å²) in [5, 5.41) is 24.6. The Kier molecular flexibility index (Phi) is 10.2. The van der Waals surface area contributed by atoms with Crippen LogP contribution in [0.5, 0.6) is 0 Å². The van der Waals surface area contributed by atoms with Crippen molar-refractivity contribution in [1.82, 2.24) is 15.5 Å². The number of amides is 3. The third-order valence-electron chi connectivity index (χ3n) is 7.72. The van der Waals surface area contributed by atoms with E-state index in [0.717, 1.165) is 42.4 Å². The van der Waals surface area contributed by atoms with Crippen molar-refractivity contribution in [2.45, 2.75) is 83.9 Å². The number of amidine groups is 1. The molecular formula is C35H44N4O3. The average Bonchev–Trinajstić information content (AvgIpc) is 3.80. The maximum atomic E-state index is 12.8. The number of nitrogens with one attached hydrogen (secondary N) is 3. The van der Waals surface area contributed by atoms with Crippen LogP contribution in [-0.2, 0) is 23.2 Å². The van der Waals surface area contributed by atoms with Gasteiger partial charge in [0.25, 0.3) is 5.91 Å². The molecule has 1 atom stereocenters. The van der Waals surface area contributed by atoms with Gasteiger partial charge in [-0.3, -0.25) is 15.1 Å². The lowest BCUT2D eigenvalue weighted by molar-refractivity contribution is -0.129. The van der Waals surface area contributed by atoms with Crippen LogP contribution < -0.4 is 10.6 Å². The minimum absolute atomic E-state index is 0.0887. The quantitative estimate of drug-likeness (QED) is 0.157. The standard InChI is InChI=1S/C35H44N4O3/c1-5-39(34(42)37-23-25-11-19-29(20-12-25)35(2,3)4)31(36)8-6-7-24-9-13-26(14-10-24)27-15-17-28(18-16-27)32(40)33(41)38-30-21-22-30/h9-20,30,32,36,40H,5-8,21-23H2,1-4H3,(H,37,42)(H,38,41). The molecule has 4 N–H and O–H groups in total. The van der Waals surface area contributed by atoms with Gasteiger partial charge in [0.1, 0.15) is 5.84 Å². The van der Waals surface area contributed by atoms with Crippen LogP contribution in [0.2, 0.25) is 0 Å². The summed E-state index contributed by atoms with van der Waals surface area (Å²) < 4.78 is 0. The Morgan fingerprint density at radius 3 is 2.05 bits per heavy atom. The van der Waals surface area contributed by atoms with Gasteiger partial charge in [0, 0.05) is 25.6 Å². The number of carbonyl (C=O) groups is 2. The Bertz CT molecular complexity index is 1360. The molecule has 0 aromatic heterocycles. The van der Waals surface area contributed by atoms with Gasteiger partial charge in [0.05, 0.1) is 0 Å². The lowest BCUT2D eigenvalue weighted by Crippen LogP contribution is -2.43. The minimum Gasteiger partial charge on any atom is -0.378 e. The van der Waals surface area contributed by atoms with Gasteiger partial charge in [-0.1, -0.05) is 93.6 Å². The molecule has 0 heterocycles. The molecule has 222 valence electrons. The Balaban J connectivity index is 1.22. The number of nitrogens with zero attached hydrogens (tertiary/aromatic N) is 1. The highest BCUT2D eigenvalue weighted by molar-refractivity contribution is 5.95. The average molecular weight is 569 g/mol. The molecule has 42 heavy (non-hydrogen) atoms. The molecular weight excluding hydrogens is 524 g/mol. The first-order valence-electron chi connectivity index (χ1n) is 14.9. The van der Waals surface area contributed by atoms with Crippen LogP contribution >= 0.6 is 0 Å². The van der Waals surface area contributed by atoms with Crippen LogP contribution in [-0.4, -0.2) is 40.4 Å². The summed E-state index contributed by atoms with van der Waals surface area (Å²) in [5.74, 6) is -0.0185. The van der Waals surface area contributed by atoms with Crippen LogP contribution in [0.1, 0.15) is 81.7 Å². The first kappa shape index (κ1) is 31.0. The van der Waals surface area contributed by atoms with Crippen LogP contribution in [0.25, 0.3) is 11.1 Å². The molecule has 4 rings (SSSR count). The Labute approximate surface area is 249 Å². The molecule has 0 spiro atoms. The summed E-state index contributed by atoms with van der Waals surface area (Å²) in [4.78, 5) is 26.4. The van der Waals surface area contributed by atoms with Gasteiger partial charge in [-0.05, 0) is 71.4 Å². The number of carbonyl (C=O) groups excluding carboxylic acids is 2. The second-order valence-corrected chi connectivity index (χ2v) is 12.2. The molecule has 0 bridgehead atoms. The van der Waals surface area contributed by atoms with Crippen LogP contribution in [0.15, 0.2) is 72.8 Å². The van der Waals surface area contributed by atoms with E-state index in [2.05, 4.69) is 67.8 Å². The summed E-state index contributed by atoms with van der Waals surface area (Å²) in [6.45, 7) is 9.30. The molecule has 1 saturated carbocycles. The molecule has 1 fully saturated rings. The number of rotatable bonds is 11. The smallest absolute Gasteiger partial charge is 0.323 e. The molecule has 1 aliphatic rings. The fourth-order valence-electron chi connectivity index (χ4n) is 4.83. The van der Waals surface area contributed by atoms with Crippen molar-refractivity contribution in [2.24, 2.45) is 0 Å². The number of aryl methyl sites for hydroxylation is 1. The van der Waals surface area contributed by atoms with Gasteiger partial charge >= 0.3 is 6.03 Å². The predicted molar refractivity (Wildman–Crippen MR) is 168 cm³/mol. The van der Waals surface area contributed by atoms with Crippen molar-refractivity contribution in [3.05, 3.63) is 95.1 Å². The van der Waals surface area contributed by atoms with E-state index in [1.54, 1.807) is 12.1 Å². The first-order valence-corrected chi connectivity index (χ1v) is 14.9. The lowest BCUT2D eigenvalue weighted by atomic mass is 9.87. The third kappa shape index (κ3) is 8.52. The van der Waals surface area contributed by atoms with E-state index in [1.165, 1.54) is 16.0 Å². The molecule has 7 nitrogen and oxygen atoms in total. The van der Waals surface area contributed by atoms with Crippen LogP contribution in [0, 0.1) is 5.41 Å². The van der Waals surface area contributed by atoms with E-state index in [-0.39, 0.29) is 23.4 Å². The Hall–Kier alpha value is -3.97. The second-order valence-electron chi connectivity index (χ2n) is 12.2. The Morgan fingerprint density at radius 1 is 0.929 bits per heavy atom. The molecule has 1 aliphatic carbocycles. The highest BCUT2D eigenvalue weighted by atomic mass is 16.3. The van der Waals surface area contributed by atoms with Crippen molar-refractivity contribution < 1.29 is 14.7 Å². The summed E-state index contributed by atoms with van der Waals surface area (Å²) in [7, 11) is 0. The van der Waals surface area contributed by atoms with Crippen LogP contribution in [0.3, 0.4) is 0 Å². The van der Waals surface area contributed by atoms with Crippen molar-refractivity contribution >= 4 is 17.8 Å². The number of hydrogen-bond acceptors (Lipinski definition) is 4. The van der Waals surface area contributed by atoms with Crippen molar-refractivity contribution in [1.29, 1.82) is 5.41 Å². The van der Waals surface area contributed by atoms with Crippen molar-refractivity contribution in [2.75, 3.05) is 6.54 Å². The fraction of sp³-hybridized carbons (Fsp3) is 0.400. The number of benzene rings is 3. The van der Waals surface area contributed by atoms with Gasteiger partial charge < -0.3 is 15.7 Å². The predicted octanol–water partition coefficient (Wildman–Crippen LogP) is 6.49. The molecule has 0 aliphatic heterocycles. The van der Waals surface area contributed by atoms with E-state index < -0.39 is 6.10 Å². The molecule has 0 radical (unpaired) electrons. The first-order chi connectivity index (χ1) is 20.0. The maximum Gasteiger partial charge on any atom is 0.323 e. The van der Waals surface area contributed by atoms with Crippen LogP contribution in [0.4, 0.5) is 4.79 Å². The number of urea groups is 1. The topological polar surface area (TPSA) is 106 Å². The van der Waals surface area contributed by atoms with E-state index >= 15 is 0 Å². The zero-order valence-electron chi connectivity index (χ0n) is 25.2. The van der Waals surface area contributed by atoms with Crippen molar-refractivity contribution in [3.63, 3.8) is 0 Å². The number of hydrogen-bond donors (Lipinski definition) is 4. The fourth-order valence-corrected chi connectivity index (χ4v) is 4.83. The zero-order chi connectivity index (χ0) is 30.3. The van der Waals surface area contributed by atoms with E-state index in [9.17, 15) is 14.7 Å². The maximum absolute atomic E-state index is 12.8. The number of aliphatic hydroxyl groups excluding tert-OH is 1. The Morgan fingerprint density at radius 2 is 1.50 bits per heavy atom. The van der Waals surface area contributed by atoms with Gasteiger partial charge in [-0.15, -0.1) is 0 Å². The minimum atomic E-state index is -1.15. The van der Waals surface area contributed by atoms with Gasteiger partial charge in [-0.2, -0.15) is 0 Å². The molecule has 3 aromatic rings. The molecule has 3 aromatic carbocycles. The summed E-state index contributed by atoms with van der Waals surface area (Å²) in [6.07, 6.45) is 2.91. The van der Waals surface area contributed by atoms with Gasteiger partial charge in [0.15, 0.2) is 6.10 Å².